The van der Waals surface area contributed by atoms with E-state index in [2.05, 4.69) is 10.1 Å². The summed E-state index contributed by atoms with van der Waals surface area (Å²) in [5.41, 5.74) is 0.723. The Bertz CT molecular complexity index is 395. The number of rotatable bonds is 2. The van der Waals surface area contributed by atoms with Crippen molar-refractivity contribution >= 4 is 0 Å². The molecule has 0 N–H and O–H groups in total. The molecule has 0 aliphatic rings. The summed E-state index contributed by atoms with van der Waals surface area (Å²) in [7, 11) is 0. The second-order valence-corrected chi connectivity index (χ2v) is 2.73. The first-order valence-electron chi connectivity index (χ1n) is 4.00. The number of alkyl halides is 2. The quantitative estimate of drug-likeness (QED) is 0.735. The van der Waals surface area contributed by atoms with Crippen molar-refractivity contribution in [2.24, 2.45) is 0 Å². The van der Waals surface area contributed by atoms with Gasteiger partial charge < -0.3 is 0 Å². The molecular weight excluding hydrogens is 188 g/mol. The normalized spacial score (nSPS) is 10.8. The van der Waals surface area contributed by atoms with Crippen LogP contribution in [0, 0.1) is 0 Å². The Morgan fingerprint density at radius 2 is 1.86 bits per heavy atom. The highest BCUT2D eigenvalue weighted by molar-refractivity contribution is 5.33. The highest BCUT2D eigenvalue weighted by Gasteiger charge is 2.06. The van der Waals surface area contributed by atoms with Crippen LogP contribution >= 0.6 is 0 Å². The van der Waals surface area contributed by atoms with E-state index in [9.17, 15) is 8.78 Å². The van der Waals surface area contributed by atoms with E-state index >= 15 is 0 Å². The van der Waals surface area contributed by atoms with Crippen LogP contribution in [0.2, 0.25) is 0 Å². The van der Waals surface area contributed by atoms with Crippen LogP contribution in [0.4, 0.5) is 8.78 Å². The lowest BCUT2D eigenvalue weighted by atomic mass is 10.2. The van der Waals surface area contributed by atoms with E-state index in [1.807, 2.05) is 0 Å². The monoisotopic (exact) mass is 195 g/mol. The average Bonchev–Trinajstić information content (AvgIpc) is 2.71. The van der Waals surface area contributed by atoms with Gasteiger partial charge in [-0.15, -0.1) is 0 Å². The molecule has 0 radical (unpaired) electrons. The number of hydrogen-bond donors (Lipinski definition) is 0. The molecule has 14 heavy (non-hydrogen) atoms. The van der Waals surface area contributed by atoms with E-state index in [1.165, 1.54) is 29.5 Å². The first-order chi connectivity index (χ1) is 6.77. The van der Waals surface area contributed by atoms with E-state index in [0.717, 1.165) is 0 Å². The van der Waals surface area contributed by atoms with E-state index in [4.69, 9.17) is 0 Å². The minimum Gasteiger partial charge on any atom is -0.223 e. The number of benzene rings is 1. The smallest absolute Gasteiger partial charge is 0.223 e. The fraction of sp³-hybridized carbons (Fsp3) is 0.111. The van der Waals surface area contributed by atoms with Crippen molar-refractivity contribution in [1.82, 2.24) is 14.8 Å². The van der Waals surface area contributed by atoms with E-state index in [0.29, 0.717) is 5.69 Å². The Morgan fingerprint density at radius 3 is 2.36 bits per heavy atom. The van der Waals surface area contributed by atoms with Crippen molar-refractivity contribution in [2.45, 2.75) is 6.43 Å². The van der Waals surface area contributed by atoms with Crippen LogP contribution in [0.25, 0.3) is 5.69 Å². The molecule has 0 saturated heterocycles. The third-order valence-electron chi connectivity index (χ3n) is 1.83. The summed E-state index contributed by atoms with van der Waals surface area (Å²) >= 11 is 0. The fourth-order valence-electron chi connectivity index (χ4n) is 1.11. The summed E-state index contributed by atoms with van der Waals surface area (Å²) in [5, 5.41) is 3.88. The van der Waals surface area contributed by atoms with Crippen molar-refractivity contribution in [3.8, 4) is 5.69 Å². The number of nitrogens with zero attached hydrogens (tertiary/aromatic N) is 3. The minimum absolute atomic E-state index is 0.00821. The summed E-state index contributed by atoms with van der Waals surface area (Å²) in [6, 6.07) is 5.91. The molecule has 1 heterocycles. The van der Waals surface area contributed by atoms with Crippen molar-refractivity contribution in [1.29, 1.82) is 0 Å². The highest BCUT2D eigenvalue weighted by Crippen LogP contribution is 2.19. The van der Waals surface area contributed by atoms with Crippen molar-refractivity contribution in [3.05, 3.63) is 42.5 Å². The van der Waals surface area contributed by atoms with Gasteiger partial charge in [0.2, 0.25) is 0 Å². The third-order valence-corrected chi connectivity index (χ3v) is 1.83. The van der Waals surface area contributed by atoms with Crippen molar-refractivity contribution < 1.29 is 8.78 Å². The lowest BCUT2D eigenvalue weighted by molar-refractivity contribution is 0.151. The maximum absolute atomic E-state index is 12.2. The molecule has 0 spiro atoms. The minimum atomic E-state index is -2.43. The molecule has 0 fully saturated rings. The van der Waals surface area contributed by atoms with Crippen LogP contribution in [0.15, 0.2) is 36.9 Å². The summed E-state index contributed by atoms with van der Waals surface area (Å²) in [4.78, 5) is 3.76. The number of hydrogen-bond acceptors (Lipinski definition) is 2. The zero-order valence-electron chi connectivity index (χ0n) is 7.14. The van der Waals surface area contributed by atoms with Crippen LogP contribution in [-0.2, 0) is 0 Å². The van der Waals surface area contributed by atoms with Gasteiger partial charge >= 0.3 is 0 Å². The molecule has 5 heteroatoms. The van der Waals surface area contributed by atoms with Gasteiger partial charge in [0.15, 0.2) is 0 Å². The topological polar surface area (TPSA) is 30.7 Å². The average molecular weight is 195 g/mol. The van der Waals surface area contributed by atoms with Crippen LogP contribution < -0.4 is 0 Å². The zero-order chi connectivity index (χ0) is 9.97. The fourth-order valence-corrected chi connectivity index (χ4v) is 1.11. The molecule has 0 atom stereocenters. The van der Waals surface area contributed by atoms with Crippen LogP contribution in [-0.4, -0.2) is 14.8 Å². The molecule has 0 unspecified atom stereocenters. The van der Waals surface area contributed by atoms with Gasteiger partial charge in [-0.2, -0.15) is 5.10 Å². The van der Waals surface area contributed by atoms with Crippen LogP contribution in [0.1, 0.15) is 12.0 Å². The standard InChI is InChI=1S/C9H7F2N3/c10-9(11)7-1-3-8(4-2-7)14-6-12-5-13-14/h1-6,9H. The Morgan fingerprint density at radius 1 is 1.14 bits per heavy atom. The van der Waals surface area contributed by atoms with Gasteiger partial charge in [-0.1, -0.05) is 12.1 Å². The number of halogens is 2. The lowest BCUT2D eigenvalue weighted by Gasteiger charge is -2.02. The zero-order valence-corrected chi connectivity index (χ0v) is 7.14. The van der Waals surface area contributed by atoms with Gasteiger partial charge in [-0.05, 0) is 12.1 Å². The number of aromatic nitrogens is 3. The lowest BCUT2D eigenvalue weighted by Crippen LogP contribution is -1.94. The molecule has 0 amide bonds. The molecule has 0 bridgehead atoms. The summed E-state index contributed by atoms with van der Waals surface area (Å²) in [5.74, 6) is 0. The molecule has 0 aliphatic heterocycles. The molecule has 1 aromatic heterocycles. The van der Waals surface area contributed by atoms with E-state index in [1.54, 1.807) is 12.1 Å². The van der Waals surface area contributed by atoms with Gasteiger partial charge in [-0.3, -0.25) is 0 Å². The molecular formula is C9H7F2N3. The summed E-state index contributed by atoms with van der Waals surface area (Å²) in [6.45, 7) is 0. The maximum atomic E-state index is 12.2. The Labute approximate surface area is 79.0 Å². The molecule has 72 valence electrons. The van der Waals surface area contributed by atoms with Crippen molar-refractivity contribution in [3.63, 3.8) is 0 Å². The second kappa shape index (κ2) is 3.53. The maximum Gasteiger partial charge on any atom is 0.263 e. The second-order valence-electron chi connectivity index (χ2n) is 2.73. The summed E-state index contributed by atoms with van der Waals surface area (Å²) < 4.78 is 25.9. The summed E-state index contributed by atoms with van der Waals surface area (Å²) in [6.07, 6.45) is 0.470. The van der Waals surface area contributed by atoms with Gasteiger partial charge in [0.05, 0.1) is 5.69 Å². The van der Waals surface area contributed by atoms with Gasteiger partial charge in [0.1, 0.15) is 12.7 Å². The van der Waals surface area contributed by atoms with E-state index < -0.39 is 6.43 Å². The Hall–Kier alpha value is -1.78. The predicted molar refractivity (Wildman–Crippen MR) is 46.3 cm³/mol. The first kappa shape index (κ1) is 8.80. The largest absolute Gasteiger partial charge is 0.263 e. The first-order valence-corrected chi connectivity index (χ1v) is 4.00. The predicted octanol–water partition coefficient (Wildman–Crippen LogP) is 2.20. The van der Waals surface area contributed by atoms with Crippen LogP contribution in [0.5, 0.6) is 0 Å². The molecule has 0 aliphatic carbocycles. The van der Waals surface area contributed by atoms with E-state index in [-0.39, 0.29) is 5.56 Å². The molecule has 2 rings (SSSR count). The highest BCUT2D eigenvalue weighted by atomic mass is 19.3. The Balaban J connectivity index is 2.31. The molecule has 1 aromatic carbocycles. The molecule has 0 saturated carbocycles. The van der Waals surface area contributed by atoms with Gasteiger partial charge in [0.25, 0.3) is 6.43 Å². The molecule has 3 nitrogen and oxygen atoms in total. The molecule has 2 aromatic rings. The van der Waals surface area contributed by atoms with Crippen LogP contribution in [0.3, 0.4) is 0 Å². The third kappa shape index (κ3) is 1.61. The van der Waals surface area contributed by atoms with Crippen molar-refractivity contribution in [2.75, 3.05) is 0 Å². The van der Waals surface area contributed by atoms with Gasteiger partial charge in [0, 0.05) is 5.56 Å². The SMILES string of the molecule is FC(F)c1ccc(-n2cncn2)cc1. The Kier molecular flexibility index (Phi) is 2.22. The van der Waals surface area contributed by atoms with Gasteiger partial charge in [-0.25, -0.2) is 18.4 Å².